The van der Waals surface area contributed by atoms with Crippen molar-refractivity contribution in [3.8, 4) is 11.6 Å². The minimum Gasteiger partial charge on any atom is -0.461 e. The van der Waals surface area contributed by atoms with Gasteiger partial charge in [-0.25, -0.2) is 4.98 Å². The van der Waals surface area contributed by atoms with Gasteiger partial charge in [-0.05, 0) is 50.7 Å². The van der Waals surface area contributed by atoms with Crippen molar-refractivity contribution in [3.63, 3.8) is 0 Å². The van der Waals surface area contributed by atoms with Crippen molar-refractivity contribution in [2.24, 2.45) is 7.05 Å². The quantitative estimate of drug-likeness (QED) is 0.793. The Labute approximate surface area is 118 Å². The van der Waals surface area contributed by atoms with E-state index < -0.39 is 0 Å². The third-order valence-corrected chi connectivity index (χ3v) is 3.97. The van der Waals surface area contributed by atoms with Crippen LogP contribution in [0.3, 0.4) is 0 Å². The summed E-state index contributed by atoms with van der Waals surface area (Å²) in [6, 6.07) is 10.2. The molecule has 0 fully saturated rings. The smallest absolute Gasteiger partial charge is 0.176 e. The monoisotopic (exact) mass is 269 g/mol. The molecular formula is C16H19N3O. The van der Waals surface area contributed by atoms with E-state index in [4.69, 9.17) is 4.42 Å². The molecule has 0 radical (unpaired) electrons. The molecule has 1 N–H and O–H groups in total. The lowest BCUT2D eigenvalue weighted by molar-refractivity contribution is 0.445. The summed E-state index contributed by atoms with van der Waals surface area (Å²) in [5.74, 6) is 1.64. The van der Waals surface area contributed by atoms with Crippen LogP contribution in [0, 0.1) is 0 Å². The molecule has 0 aliphatic rings. The summed E-state index contributed by atoms with van der Waals surface area (Å²) < 4.78 is 7.53. The SMILES string of the molecule is CNC(C)(C)c1ccc2nc(-c3ccco3)n(C)c2c1. The van der Waals surface area contributed by atoms with Crippen molar-refractivity contribution in [2.45, 2.75) is 19.4 Å². The molecule has 3 aromatic rings. The Bertz CT molecular complexity index is 739. The summed E-state index contributed by atoms with van der Waals surface area (Å²) in [6.45, 7) is 4.33. The third-order valence-electron chi connectivity index (χ3n) is 3.97. The van der Waals surface area contributed by atoms with Gasteiger partial charge >= 0.3 is 0 Å². The number of aryl methyl sites for hydroxylation is 1. The Morgan fingerprint density at radius 2 is 2.05 bits per heavy atom. The maximum absolute atomic E-state index is 5.45. The highest BCUT2D eigenvalue weighted by Crippen LogP contribution is 2.28. The van der Waals surface area contributed by atoms with Crippen LogP contribution in [0.1, 0.15) is 19.4 Å². The van der Waals surface area contributed by atoms with Gasteiger partial charge in [0.15, 0.2) is 11.6 Å². The van der Waals surface area contributed by atoms with Gasteiger partial charge in [0.1, 0.15) is 0 Å². The van der Waals surface area contributed by atoms with Crippen molar-refractivity contribution in [2.75, 3.05) is 7.05 Å². The van der Waals surface area contributed by atoms with E-state index >= 15 is 0 Å². The fraction of sp³-hybridized carbons (Fsp3) is 0.312. The number of nitrogens with one attached hydrogen (secondary N) is 1. The first kappa shape index (κ1) is 12.9. The predicted octanol–water partition coefficient (Wildman–Crippen LogP) is 3.29. The second-order valence-electron chi connectivity index (χ2n) is 5.55. The van der Waals surface area contributed by atoms with Crippen LogP contribution < -0.4 is 5.32 Å². The molecule has 0 bridgehead atoms. The van der Waals surface area contributed by atoms with Gasteiger partial charge in [0.05, 0.1) is 17.3 Å². The van der Waals surface area contributed by atoms with Crippen LogP contribution >= 0.6 is 0 Å². The largest absolute Gasteiger partial charge is 0.461 e. The summed E-state index contributed by atoms with van der Waals surface area (Å²) >= 11 is 0. The standard InChI is InChI=1S/C16H19N3O/c1-16(2,17-3)11-7-8-12-13(10-11)19(4)15(18-12)14-6-5-9-20-14/h5-10,17H,1-4H3. The highest BCUT2D eigenvalue weighted by Gasteiger charge is 2.20. The van der Waals surface area contributed by atoms with Crippen molar-refractivity contribution in [3.05, 3.63) is 42.2 Å². The van der Waals surface area contributed by atoms with E-state index in [1.807, 2.05) is 26.2 Å². The van der Waals surface area contributed by atoms with Gasteiger partial charge in [-0.2, -0.15) is 0 Å². The van der Waals surface area contributed by atoms with Crippen LogP contribution in [0.5, 0.6) is 0 Å². The second-order valence-corrected chi connectivity index (χ2v) is 5.55. The van der Waals surface area contributed by atoms with E-state index in [0.29, 0.717) is 0 Å². The Morgan fingerprint density at radius 1 is 1.25 bits per heavy atom. The predicted molar refractivity (Wildman–Crippen MR) is 80.5 cm³/mol. The number of benzene rings is 1. The molecule has 4 nitrogen and oxygen atoms in total. The fourth-order valence-electron chi connectivity index (χ4n) is 2.35. The van der Waals surface area contributed by atoms with Gasteiger partial charge in [-0.3, -0.25) is 0 Å². The first-order valence-corrected chi connectivity index (χ1v) is 6.72. The first-order valence-electron chi connectivity index (χ1n) is 6.72. The average Bonchev–Trinajstić information content (AvgIpc) is 3.07. The Morgan fingerprint density at radius 3 is 2.70 bits per heavy atom. The number of furan rings is 1. The molecule has 4 heteroatoms. The van der Waals surface area contributed by atoms with E-state index in [1.54, 1.807) is 6.26 Å². The number of imidazole rings is 1. The maximum atomic E-state index is 5.45. The molecule has 2 aromatic heterocycles. The van der Waals surface area contributed by atoms with E-state index in [9.17, 15) is 0 Å². The van der Waals surface area contributed by atoms with Gasteiger partial charge < -0.3 is 14.3 Å². The molecule has 20 heavy (non-hydrogen) atoms. The zero-order valence-electron chi connectivity index (χ0n) is 12.3. The molecule has 0 aliphatic heterocycles. The van der Waals surface area contributed by atoms with Crippen molar-refractivity contribution >= 4 is 11.0 Å². The van der Waals surface area contributed by atoms with Crippen LogP contribution in [0.4, 0.5) is 0 Å². The van der Waals surface area contributed by atoms with Crippen LogP contribution in [-0.2, 0) is 12.6 Å². The molecule has 0 atom stereocenters. The number of hydrogen-bond donors (Lipinski definition) is 1. The lowest BCUT2D eigenvalue weighted by atomic mass is 9.94. The normalized spacial score (nSPS) is 12.2. The molecule has 3 rings (SSSR count). The average molecular weight is 269 g/mol. The van der Waals surface area contributed by atoms with Crippen molar-refractivity contribution < 1.29 is 4.42 Å². The highest BCUT2D eigenvalue weighted by molar-refractivity contribution is 5.80. The van der Waals surface area contributed by atoms with E-state index in [0.717, 1.165) is 22.6 Å². The third kappa shape index (κ3) is 1.93. The van der Waals surface area contributed by atoms with Crippen LogP contribution in [0.25, 0.3) is 22.6 Å². The number of fused-ring (bicyclic) bond motifs is 1. The Balaban J connectivity index is 2.18. The van der Waals surface area contributed by atoms with Crippen LogP contribution in [0.15, 0.2) is 41.0 Å². The van der Waals surface area contributed by atoms with Gasteiger partial charge in [0.25, 0.3) is 0 Å². The van der Waals surface area contributed by atoms with E-state index in [1.165, 1.54) is 5.56 Å². The maximum Gasteiger partial charge on any atom is 0.176 e. The molecule has 0 spiro atoms. The summed E-state index contributed by atoms with van der Waals surface area (Å²) in [5.41, 5.74) is 3.26. The van der Waals surface area contributed by atoms with Gasteiger partial charge in [0.2, 0.25) is 0 Å². The van der Waals surface area contributed by atoms with Crippen molar-refractivity contribution in [1.29, 1.82) is 0 Å². The zero-order chi connectivity index (χ0) is 14.3. The minimum atomic E-state index is -0.0662. The molecule has 0 amide bonds. The van der Waals surface area contributed by atoms with Crippen LogP contribution in [-0.4, -0.2) is 16.6 Å². The van der Waals surface area contributed by atoms with Gasteiger partial charge in [-0.1, -0.05) is 6.07 Å². The van der Waals surface area contributed by atoms with E-state index in [2.05, 4.69) is 46.9 Å². The fourth-order valence-corrected chi connectivity index (χ4v) is 2.35. The Kier molecular flexibility index (Phi) is 2.91. The number of rotatable bonds is 3. The summed E-state index contributed by atoms with van der Waals surface area (Å²) in [5, 5.41) is 3.33. The molecule has 2 heterocycles. The molecule has 0 aliphatic carbocycles. The van der Waals surface area contributed by atoms with Gasteiger partial charge in [-0.15, -0.1) is 0 Å². The molecular weight excluding hydrogens is 250 g/mol. The highest BCUT2D eigenvalue weighted by atomic mass is 16.3. The summed E-state index contributed by atoms with van der Waals surface area (Å²) in [4.78, 5) is 4.65. The number of aromatic nitrogens is 2. The first-order chi connectivity index (χ1) is 9.53. The lowest BCUT2D eigenvalue weighted by Gasteiger charge is -2.24. The summed E-state index contributed by atoms with van der Waals surface area (Å²) in [6.07, 6.45) is 1.67. The molecule has 0 unspecified atom stereocenters. The molecule has 104 valence electrons. The molecule has 0 saturated carbocycles. The number of hydrogen-bond acceptors (Lipinski definition) is 3. The zero-order valence-corrected chi connectivity index (χ0v) is 12.3. The molecule has 1 aromatic carbocycles. The second kappa shape index (κ2) is 4.49. The van der Waals surface area contributed by atoms with Gasteiger partial charge in [0, 0.05) is 12.6 Å². The Hall–Kier alpha value is -2.07. The van der Waals surface area contributed by atoms with Crippen molar-refractivity contribution in [1.82, 2.24) is 14.9 Å². The summed E-state index contributed by atoms with van der Waals surface area (Å²) in [7, 11) is 3.99. The molecule has 0 saturated heterocycles. The lowest BCUT2D eigenvalue weighted by Crippen LogP contribution is -2.33. The van der Waals surface area contributed by atoms with Crippen LogP contribution in [0.2, 0.25) is 0 Å². The topological polar surface area (TPSA) is 43.0 Å². The van der Waals surface area contributed by atoms with E-state index in [-0.39, 0.29) is 5.54 Å². The number of nitrogens with zero attached hydrogens (tertiary/aromatic N) is 2. The minimum absolute atomic E-state index is 0.0662.